The van der Waals surface area contributed by atoms with Gasteiger partial charge >= 0.3 is 0 Å². The number of aromatic nitrogens is 1. The lowest BCUT2D eigenvalue weighted by molar-refractivity contribution is 0.568. The van der Waals surface area contributed by atoms with Gasteiger partial charge in [0.05, 0.1) is 28.1 Å². The number of para-hydroxylation sites is 3. The van der Waals surface area contributed by atoms with Gasteiger partial charge in [0.1, 0.15) is 0 Å². The van der Waals surface area contributed by atoms with Crippen molar-refractivity contribution in [3.8, 4) is 50.2 Å². The number of fused-ring (bicyclic) bond motifs is 3. The minimum Gasteiger partial charge on any atom is -0.309 e. The van der Waals surface area contributed by atoms with E-state index in [-0.39, 0.29) is 21.7 Å². The van der Waals surface area contributed by atoms with Crippen LogP contribution in [0, 0.1) is 0 Å². The van der Waals surface area contributed by atoms with Gasteiger partial charge in [-0.1, -0.05) is 271 Å². The molecule has 0 aliphatic carbocycles. The van der Waals surface area contributed by atoms with E-state index in [1.807, 2.05) is 0 Å². The first-order chi connectivity index (χ1) is 39.2. The van der Waals surface area contributed by atoms with Gasteiger partial charge in [0.2, 0.25) is 0 Å². The van der Waals surface area contributed by atoms with Crippen LogP contribution in [0.2, 0.25) is 0 Å². The third kappa shape index (κ3) is 9.33. The van der Waals surface area contributed by atoms with Crippen LogP contribution in [0.3, 0.4) is 0 Å². The first-order valence-corrected chi connectivity index (χ1v) is 29.4. The summed E-state index contributed by atoms with van der Waals surface area (Å²) in [7, 11) is 0. The van der Waals surface area contributed by atoms with E-state index in [9.17, 15) is 0 Å². The van der Waals surface area contributed by atoms with Gasteiger partial charge in [0.15, 0.2) is 0 Å². The van der Waals surface area contributed by atoms with Crippen LogP contribution in [0.5, 0.6) is 0 Å². The highest BCUT2D eigenvalue weighted by atomic mass is 15.1. The van der Waals surface area contributed by atoms with E-state index in [1.165, 1.54) is 110 Å². The maximum absolute atomic E-state index is 2.52. The SMILES string of the molecule is CC(C)(C)c1cc(-c2ccc(-c3cccc(N(c4ccccc4-c4ccc(-c5cc(C(C)(C)C)cc(C(C)(C)C)c5)cc4)c4ccc5ccc6c(-n7c8ccccc8c8ccccc87)ccc7ccc4c5c76)c3)cc2)cc(C(C)(C)C)c1. The molecule has 82 heavy (non-hydrogen) atoms. The number of nitrogens with zero attached hydrogens (tertiary/aromatic N) is 2. The Morgan fingerprint density at radius 1 is 0.280 bits per heavy atom. The molecule has 0 N–H and O–H groups in total. The van der Waals surface area contributed by atoms with Crippen LogP contribution in [-0.2, 0) is 21.7 Å². The van der Waals surface area contributed by atoms with Crippen LogP contribution in [0.1, 0.15) is 105 Å². The van der Waals surface area contributed by atoms with Crippen molar-refractivity contribution >= 4 is 71.2 Å². The molecule has 13 aromatic rings. The Morgan fingerprint density at radius 3 is 1.23 bits per heavy atom. The minimum absolute atomic E-state index is 0.0218. The van der Waals surface area contributed by atoms with Crippen molar-refractivity contribution in [1.29, 1.82) is 0 Å². The van der Waals surface area contributed by atoms with Crippen LogP contribution in [0.4, 0.5) is 17.1 Å². The molecular weight excluding hydrogens is 989 g/mol. The maximum Gasteiger partial charge on any atom is 0.0541 e. The second-order valence-corrected chi connectivity index (χ2v) is 27.1. The van der Waals surface area contributed by atoms with Gasteiger partial charge in [0, 0.05) is 32.8 Å². The van der Waals surface area contributed by atoms with Crippen molar-refractivity contribution in [3.63, 3.8) is 0 Å². The lowest BCUT2D eigenvalue weighted by Gasteiger charge is -2.30. The number of rotatable bonds is 8. The molecule has 13 rings (SSSR count). The zero-order chi connectivity index (χ0) is 57.0. The number of hydrogen-bond acceptors (Lipinski definition) is 1. The normalized spacial score (nSPS) is 12.6. The van der Waals surface area contributed by atoms with Crippen LogP contribution in [0.15, 0.2) is 231 Å². The molecule has 0 saturated carbocycles. The Morgan fingerprint density at radius 2 is 0.707 bits per heavy atom. The fourth-order valence-corrected chi connectivity index (χ4v) is 12.5. The molecule has 2 nitrogen and oxygen atoms in total. The van der Waals surface area contributed by atoms with E-state index in [4.69, 9.17) is 0 Å². The summed E-state index contributed by atoms with van der Waals surface area (Å²) in [6, 6.07) is 87.5. The van der Waals surface area contributed by atoms with Crippen LogP contribution >= 0.6 is 0 Å². The third-order valence-corrected chi connectivity index (χ3v) is 17.3. The summed E-state index contributed by atoms with van der Waals surface area (Å²) in [6.07, 6.45) is 0. The number of hydrogen-bond donors (Lipinski definition) is 0. The molecule has 2 heteroatoms. The molecule has 1 heterocycles. The van der Waals surface area contributed by atoms with Gasteiger partial charge in [-0.2, -0.15) is 0 Å². The zero-order valence-electron chi connectivity index (χ0n) is 49.8. The lowest BCUT2D eigenvalue weighted by Crippen LogP contribution is -2.16. The van der Waals surface area contributed by atoms with Crippen LogP contribution in [-0.4, -0.2) is 4.57 Å². The van der Waals surface area contributed by atoms with E-state index in [0.29, 0.717) is 0 Å². The molecule has 0 saturated heterocycles. The van der Waals surface area contributed by atoms with Crippen molar-refractivity contribution < 1.29 is 0 Å². The topological polar surface area (TPSA) is 8.17 Å². The Kier molecular flexibility index (Phi) is 12.5. The maximum atomic E-state index is 2.52. The van der Waals surface area contributed by atoms with Gasteiger partial charge in [-0.3, -0.25) is 0 Å². The third-order valence-electron chi connectivity index (χ3n) is 17.3. The van der Waals surface area contributed by atoms with Gasteiger partial charge in [0.25, 0.3) is 0 Å². The van der Waals surface area contributed by atoms with Crippen molar-refractivity contribution in [2.75, 3.05) is 4.90 Å². The van der Waals surface area contributed by atoms with Crippen molar-refractivity contribution in [3.05, 3.63) is 253 Å². The van der Waals surface area contributed by atoms with E-state index < -0.39 is 0 Å². The Balaban J connectivity index is 0.985. The van der Waals surface area contributed by atoms with Crippen molar-refractivity contribution in [1.82, 2.24) is 4.57 Å². The molecule has 0 atom stereocenters. The smallest absolute Gasteiger partial charge is 0.0541 e. The molecule has 0 radical (unpaired) electrons. The quantitative estimate of drug-likeness (QED) is 0.138. The van der Waals surface area contributed by atoms with E-state index in [0.717, 1.165) is 33.8 Å². The summed E-state index contributed by atoms with van der Waals surface area (Å²) >= 11 is 0. The van der Waals surface area contributed by atoms with Crippen molar-refractivity contribution in [2.45, 2.75) is 105 Å². The Labute approximate surface area is 485 Å². The van der Waals surface area contributed by atoms with Gasteiger partial charge in [-0.25, -0.2) is 0 Å². The molecule has 0 spiro atoms. The molecule has 0 bridgehead atoms. The molecule has 0 aliphatic rings. The van der Waals surface area contributed by atoms with Gasteiger partial charge in [-0.15, -0.1) is 0 Å². The molecule has 0 amide bonds. The molecule has 0 aliphatic heterocycles. The molecular formula is C80H74N2. The second kappa shape index (κ2) is 19.5. The standard InChI is InChI=1S/C80H74N2/c1-77(2,3)60-44-58(45-61(49-60)78(4,5)6)52-30-28-51(29-31-52)57-20-19-21-64(48-57)81(70-25-16-13-22-65(70)54-34-32-53(33-35-54)59-46-62(79(7,8)9)50-63(47-59)80(10,11)12)73-42-38-55-37-41-69-74(43-39-56-36-40-68(73)75(55)76(56)69)82-71-26-17-14-23-66(71)67-24-15-18-27-72(67)82/h13-50H,1-12H3. The molecule has 404 valence electrons. The molecule has 12 aromatic carbocycles. The monoisotopic (exact) mass is 1060 g/mol. The fraction of sp³-hybridized carbons (Fsp3) is 0.200. The first kappa shape index (κ1) is 52.6. The highest BCUT2D eigenvalue weighted by Crippen LogP contribution is 2.49. The zero-order valence-corrected chi connectivity index (χ0v) is 49.8. The fourth-order valence-electron chi connectivity index (χ4n) is 12.5. The molecule has 1 aromatic heterocycles. The summed E-state index contributed by atoms with van der Waals surface area (Å²) in [6.45, 7) is 27.8. The lowest BCUT2D eigenvalue weighted by atomic mass is 9.79. The minimum atomic E-state index is 0.0218. The average Bonchev–Trinajstić information content (AvgIpc) is 3.04. The summed E-state index contributed by atoms with van der Waals surface area (Å²) in [4.78, 5) is 2.52. The van der Waals surface area contributed by atoms with E-state index in [1.54, 1.807) is 0 Å². The second-order valence-electron chi connectivity index (χ2n) is 27.1. The highest BCUT2D eigenvalue weighted by molar-refractivity contribution is 6.27. The predicted octanol–water partition coefficient (Wildman–Crippen LogP) is 23.0. The van der Waals surface area contributed by atoms with E-state index in [2.05, 4.69) is 323 Å². The summed E-state index contributed by atoms with van der Waals surface area (Å²) in [5, 5.41) is 9.97. The summed E-state index contributed by atoms with van der Waals surface area (Å²) in [5.74, 6) is 0. The Hall–Kier alpha value is -8.72. The van der Waals surface area contributed by atoms with Gasteiger partial charge in [-0.05, 0) is 147 Å². The first-order valence-electron chi connectivity index (χ1n) is 29.4. The number of benzene rings is 12. The van der Waals surface area contributed by atoms with Crippen LogP contribution < -0.4 is 4.90 Å². The summed E-state index contributed by atoms with van der Waals surface area (Å²) < 4.78 is 2.47. The summed E-state index contributed by atoms with van der Waals surface area (Å²) in [5.41, 5.74) is 22.1. The highest BCUT2D eigenvalue weighted by Gasteiger charge is 2.26. The number of anilines is 3. The van der Waals surface area contributed by atoms with Crippen molar-refractivity contribution in [2.24, 2.45) is 0 Å². The Bertz CT molecular complexity index is 4460. The predicted molar refractivity (Wildman–Crippen MR) is 356 cm³/mol. The van der Waals surface area contributed by atoms with E-state index >= 15 is 0 Å². The molecule has 0 unspecified atom stereocenters. The van der Waals surface area contributed by atoms with Gasteiger partial charge < -0.3 is 9.47 Å². The molecule has 0 fully saturated rings. The van der Waals surface area contributed by atoms with Crippen LogP contribution in [0.25, 0.3) is 104 Å². The average molecular weight is 1060 g/mol. The largest absolute Gasteiger partial charge is 0.309 e.